The molecule has 0 aliphatic carbocycles. The number of aromatic carboxylic acids is 1. The highest BCUT2D eigenvalue weighted by Crippen LogP contribution is 2.20. The monoisotopic (exact) mass is 332 g/mol. The van der Waals surface area contributed by atoms with Gasteiger partial charge in [0.25, 0.3) is 23.6 Å². The van der Waals surface area contributed by atoms with Crippen molar-refractivity contribution < 1.29 is 34.3 Å². The van der Waals surface area contributed by atoms with Crippen LogP contribution >= 0.6 is 0 Å². The van der Waals surface area contributed by atoms with Crippen LogP contribution in [0.4, 0.5) is 5.69 Å². The van der Waals surface area contributed by atoms with Gasteiger partial charge in [-0.05, 0) is 18.2 Å². The number of imide groups is 2. The molecule has 4 amide bonds. The van der Waals surface area contributed by atoms with Crippen molar-refractivity contribution in [3.63, 3.8) is 0 Å². The predicted molar refractivity (Wildman–Crippen MR) is 77.9 cm³/mol. The molecule has 0 spiro atoms. The Kier molecular flexibility index (Phi) is 4.85. The maximum absolute atomic E-state index is 11.3. The first kappa shape index (κ1) is 17.0. The first-order valence-corrected chi connectivity index (χ1v) is 6.75. The fraction of sp³-hybridized carbons (Fsp3) is 0.133. The van der Waals surface area contributed by atoms with Crippen LogP contribution in [0.1, 0.15) is 23.2 Å². The number of carbonyl (C=O) groups is 5. The molecule has 9 heteroatoms. The highest BCUT2D eigenvalue weighted by atomic mass is 16.5. The molecular weight excluding hydrogens is 320 g/mol. The van der Waals surface area contributed by atoms with Crippen LogP contribution in [-0.4, -0.2) is 45.0 Å². The molecule has 1 fully saturated rings. The lowest BCUT2D eigenvalue weighted by atomic mass is 10.2. The van der Waals surface area contributed by atoms with Gasteiger partial charge in [-0.25, -0.2) is 9.69 Å². The van der Waals surface area contributed by atoms with E-state index in [0.717, 1.165) is 17.1 Å². The van der Waals surface area contributed by atoms with Crippen molar-refractivity contribution in [2.24, 2.45) is 0 Å². The molecule has 2 aliphatic heterocycles. The molecule has 0 radical (unpaired) electrons. The SMILES string of the molecule is O=C(O)c1cccc(N2C(=O)C=CC2=O)c1.O=C1CCC(=O)N1O. The zero-order valence-electron chi connectivity index (χ0n) is 12.2. The number of nitrogens with zero attached hydrogens (tertiary/aromatic N) is 2. The second kappa shape index (κ2) is 6.84. The van der Waals surface area contributed by atoms with Crippen molar-refractivity contribution in [3.8, 4) is 0 Å². The van der Waals surface area contributed by atoms with Crippen LogP contribution in [-0.2, 0) is 19.2 Å². The van der Waals surface area contributed by atoms with Crippen LogP contribution < -0.4 is 4.90 Å². The topological polar surface area (TPSA) is 132 Å². The highest BCUT2D eigenvalue weighted by Gasteiger charge is 2.27. The third-order valence-electron chi connectivity index (χ3n) is 3.19. The molecule has 124 valence electrons. The normalized spacial score (nSPS) is 16.5. The van der Waals surface area contributed by atoms with Crippen molar-refractivity contribution in [2.45, 2.75) is 12.8 Å². The Morgan fingerprint density at radius 2 is 1.50 bits per heavy atom. The number of hydrogen-bond donors (Lipinski definition) is 2. The minimum Gasteiger partial charge on any atom is -0.478 e. The maximum Gasteiger partial charge on any atom is 0.335 e. The fourth-order valence-electron chi connectivity index (χ4n) is 2.00. The number of benzene rings is 1. The molecular formula is C15H12N2O7. The van der Waals surface area contributed by atoms with E-state index in [0.29, 0.717) is 0 Å². The van der Waals surface area contributed by atoms with Gasteiger partial charge in [-0.3, -0.25) is 24.4 Å². The summed E-state index contributed by atoms with van der Waals surface area (Å²) in [6, 6.07) is 5.67. The predicted octanol–water partition coefficient (Wildman–Crippen LogP) is 0.339. The van der Waals surface area contributed by atoms with Crippen LogP contribution in [0.25, 0.3) is 0 Å². The van der Waals surface area contributed by atoms with E-state index in [4.69, 9.17) is 10.3 Å². The Morgan fingerprint density at radius 1 is 0.958 bits per heavy atom. The number of hydrogen-bond acceptors (Lipinski definition) is 6. The maximum atomic E-state index is 11.3. The van der Waals surface area contributed by atoms with Gasteiger partial charge in [0, 0.05) is 25.0 Å². The summed E-state index contributed by atoms with van der Waals surface area (Å²) in [7, 11) is 0. The Hall–Kier alpha value is -3.33. The molecule has 9 nitrogen and oxygen atoms in total. The van der Waals surface area contributed by atoms with Crippen LogP contribution in [0.2, 0.25) is 0 Å². The summed E-state index contributed by atoms with van der Waals surface area (Å²) in [6.45, 7) is 0. The summed E-state index contributed by atoms with van der Waals surface area (Å²) in [4.78, 5) is 54.8. The lowest BCUT2D eigenvalue weighted by molar-refractivity contribution is -0.171. The molecule has 1 aromatic rings. The molecule has 0 saturated carbocycles. The van der Waals surface area contributed by atoms with Gasteiger partial charge in [-0.2, -0.15) is 5.06 Å². The summed E-state index contributed by atoms with van der Waals surface area (Å²) in [5, 5.41) is 17.3. The summed E-state index contributed by atoms with van der Waals surface area (Å²) in [5.74, 6) is -3.04. The van der Waals surface area contributed by atoms with Gasteiger partial charge in [0.15, 0.2) is 0 Å². The first-order chi connectivity index (χ1) is 11.3. The van der Waals surface area contributed by atoms with Crippen LogP contribution in [0.3, 0.4) is 0 Å². The number of carbonyl (C=O) groups excluding carboxylic acids is 4. The number of carboxylic acid groups (broad SMARTS) is 1. The van der Waals surface area contributed by atoms with Gasteiger partial charge in [-0.15, -0.1) is 0 Å². The highest BCUT2D eigenvalue weighted by molar-refractivity contribution is 6.28. The Balaban J connectivity index is 0.000000219. The number of rotatable bonds is 2. The van der Waals surface area contributed by atoms with Crippen molar-refractivity contribution in [1.82, 2.24) is 5.06 Å². The molecule has 0 aromatic heterocycles. The third-order valence-corrected chi connectivity index (χ3v) is 3.19. The van der Waals surface area contributed by atoms with Gasteiger partial charge >= 0.3 is 5.97 Å². The van der Waals surface area contributed by atoms with Crippen LogP contribution in [0.5, 0.6) is 0 Å². The average molecular weight is 332 g/mol. The molecule has 2 N–H and O–H groups in total. The second-order valence-electron chi connectivity index (χ2n) is 4.80. The van der Waals surface area contributed by atoms with Crippen molar-refractivity contribution >= 4 is 35.3 Å². The van der Waals surface area contributed by atoms with E-state index in [9.17, 15) is 24.0 Å². The summed E-state index contributed by atoms with van der Waals surface area (Å²) < 4.78 is 0. The van der Waals surface area contributed by atoms with Gasteiger partial charge in [0.05, 0.1) is 11.3 Å². The largest absolute Gasteiger partial charge is 0.478 e. The van der Waals surface area contributed by atoms with Gasteiger partial charge in [-0.1, -0.05) is 6.07 Å². The summed E-state index contributed by atoms with van der Waals surface area (Å²) in [5.41, 5.74) is 0.296. The average Bonchev–Trinajstić information content (AvgIpc) is 3.04. The molecule has 0 bridgehead atoms. The lowest BCUT2D eigenvalue weighted by Crippen LogP contribution is -2.29. The van der Waals surface area contributed by atoms with Gasteiger partial charge in [0.2, 0.25) is 0 Å². The Labute approximate surface area is 135 Å². The molecule has 1 aromatic carbocycles. The first-order valence-electron chi connectivity index (χ1n) is 6.75. The molecule has 0 atom stereocenters. The number of amides is 4. The van der Waals surface area contributed by atoms with Gasteiger partial charge in [0.1, 0.15) is 0 Å². The van der Waals surface area contributed by atoms with E-state index in [1.54, 1.807) is 0 Å². The van der Waals surface area contributed by atoms with E-state index in [-0.39, 0.29) is 29.2 Å². The van der Waals surface area contributed by atoms with Crippen LogP contribution in [0, 0.1) is 0 Å². The van der Waals surface area contributed by atoms with E-state index >= 15 is 0 Å². The fourth-order valence-corrected chi connectivity index (χ4v) is 2.00. The van der Waals surface area contributed by atoms with Crippen molar-refractivity contribution in [1.29, 1.82) is 0 Å². The van der Waals surface area contributed by atoms with E-state index < -0.39 is 29.6 Å². The quantitative estimate of drug-likeness (QED) is 0.589. The zero-order chi connectivity index (χ0) is 17.9. The second-order valence-corrected chi connectivity index (χ2v) is 4.80. The summed E-state index contributed by atoms with van der Waals surface area (Å²) in [6.07, 6.45) is 2.59. The molecule has 0 unspecified atom stereocenters. The lowest BCUT2D eigenvalue weighted by Gasteiger charge is -2.13. The van der Waals surface area contributed by atoms with Crippen LogP contribution in [0.15, 0.2) is 36.4 Å². The van der Waals surface area contributed by atoms with Gasteiger partial charge < -0.3 is 5.11 Å². The minimum atomic E-state index is -1.10. The minimum absolute atomic E-state index is 0.0324. The summed E-state index contributed by atoms with van der Waals surface area (Å²) >= 11 is 0. The number of carboxylic acids is 1. The molecule has 1 saturated heterocycles. The molecule has 2 heterocycles. The Morgan fingerprint density at radius 3 is 1.92 bits per heavy atom. The van der Waals surface area contributed by atoms with Crippen molar-refractivity contribution in [2.75, 3.05) is 4.90 Å². The number of hydroxylamine groups is 2. The molecule has 24 heavy (non-hydrogen) atoms. The zero-order valence-corrected chi connectivity index (χ0v) is 12.2. The van der Waals surface area contributed by atoms with Crippen molar-refractivity contribution in [3.05, 3.63) is 42.0 Å². The van der Waals surface area contributed by atoms with E-state index in [1.165, 1.54) is 24.3 Å². The standard InChI is InChI=1S/C11H7NO4.C4H5NO3/c13-9-4-5-10(14)12(9)8-3-1-2-7(6-8)11(15)16;6-3-1-2-4(7)5(3)8/h1-6H,(H,15,16);8H,1-2H2. The van der Waals surface area contributed by atoms with E-state index in [2.05, 4.69) is 0 Å². The molecule has 3 rings (SSSR count). The molecule has 2 aliphatic rings. The van der Waals surface area contributed by atoms with E-state index in [1.807, 2.05) is 0 Å². The smallest absolute Gasteiger partial charge is 0.335 e. The number of anilines is 1. The third kappa shape index (κ3) is 3.52. The Bertz CT molecular complexity index is 735.